The molecule has 2 rings (SSSR count). The first-order valence-electron chi connectivity index (χ1n) is 4.39. The van der Waals surface area contributed by atoms with Crippen LogP contribution < -0.4 is 0 Å². The van der Waals surface area contributed by atoms with E-state index in [4.69, 9.17) is 0 Å². The van der Waals surface area contributed by atoms with Crippen molar-refractivity contribution in [1.82, 2.24) is 4.98 Å². The van der Waals surface area contributed by atoms with Crippen molar-refractivity contribution in [3.63, 3.8) is 0 Å². The molecule has 0 fully saturated rings. The van der Waals surface area contributed by atoms with Gasteiger partial charge >= 0.3 is 0 Å². The second-order valence-corrected chi connectivity index (χ2v) is 4.57. The maximum atomic E-state index is 4.55. The Labute approximate surface area is 82.4 Å². The Morgan fingerprint density at radius 2 is 2.08 bits per heavy atom. The van der Waals surface area contributed by atoms with Gasteiger partial charge < -0.3 is 0 Å². The topological polar surface area (TPSA) is 12.9 Å². The second kappa shape index (κ2) is 3.46. The monoisotopic (exact) mass is 190 g/mol. The van der Waals surface area contributed by atoms with Crippen LogP contribution in [0.1, 0.15) is 18.9 Å². The van der Waals surface area contributed by atoms with Crippen molar-refractivity contribution in [2.45, 2.75) is 20.3 Å². The third-order valence-electron chi connectivity index (χ3n) is 1.84. The van der Waals surface area contributed by atoms with E-state index in [0.29, 0.717) is 0 Å². The number of nitrogens with zero attached hydrogens (tertiary/aromatic N) is 1. The van der Waals surface area contributed by atoms with Gasteiger partial charge in [0.15, 0.2) is 0 Å². The molecule has 2 aromatic rings. The molecule has 2 heteroatoms. The lowest BCUT2D eigenvalue weighted by molar-refractivity contribution is 0.947. The fourth-order valence-corrected chi connectivity index (χ4v) is 2.42. The Hall–Kier alpha value is -0.890. The summed E-state index contributed by atoms with van der Waals surface area (Å²) >= 11 is 1.79. The highest BCUT2D eigenvalue weighted by Crippen LogP contribution is 2.23. The van der Waals surface area contributed by atoms with E-state index in [1.54, 1.807) is 11.3 Å². The molecule has 0 saturated carbocycles. The van der Waals surface area contributed by atoms with Crippen LogP contribution in [0.5, 0.6) is 0 Å². The van der Waals surface area contributed by atoms with Crippen LogP contribution in [-0.4, -0.2) is 4.98 Å². The lowest BCUT2D eigenvalue weighted by Gasteiger charge is -1.96. The molecule has 13 heavy (non-hydrogen) atoms. The lowest BCUT2D eigenvalue weighted by Crippen LogP contribution is -1.89. The van der Waals surface area contributed by atoms with Crippen molar-refractivity contribution >= 4 is 21.6 Å². The van der Waals surface area contributed by atoms with Crippen LogP contribution in [0.2, 0.25) is 0 Å². The van der Waals surface area contributed by atoms with Crippen LogP contribution in [0, 0.1) is 5.92 Å². The van der Waals surface area contributed by atoms with Crippen molar-refractivity contribution in [2.24, 2.45) is 0 Å². The molecule has 67 valence electrons. The maximum Gasteiger partial charge on any atom is 0.0944 e. The van der Waals surface area contributed by atoms with E-state index < -0.39 is 0 Å². The van der Waals surface area contributed by atoms with Gasteiger partial charge in [-0.15, -0.1) is 11.3 Å². The normalized spacial score (nSPS) is 11.3. The van der Waals surface area contributed by atoms with E-state index in [2.05, 4.69) is 37.0 Å². The molecule has 1 aromatic carbocycles. The molecule has 0 amide bonds. The van der Waals surface area contributed by atoms with Gasteiger partial charge in [0.05, 0.1) is 15.2 Å². The van der Waals surface area contributed by atoms with Crippen LogP contribution in [0.15, 0.2) is 24.3 Å². The number of aromatic nitrogens is 1. The fourth-order valence-electron chi connectivity index (χ4n) is 1.30. The van der Waals surface area contributed by atoms with Gasteiger partial charge in [-0.05, 0) is 18.1 Å². The van der Waals surface area contributed by atoms with Crippen LogP contribution in [0.25, 0.3) is 10.2 Å². The zero-order valence-electron chi connectivity index (χ0n) is 7.87. The van der Waals surface area contributed by atoms with E-state index in [9.17, 15) is 0 Å². The molecule has 1 radical (unpaired) electrons. The number of hydrogen-bond acceptors (Lipinski definition) is 2. The van der Waals surface area contributed by atoms with Gasteiger partial charge in [-0.25, -0.2) is 4.98 Å². The Kier molecular flexibility index (Phi) is 2.32. The predicted molar refractivity (Wildman–Crippen MR) is 57.9 cm³/mol. The number of para-hydroxylation sites is 1. The molecule has 0 aliphatic heterocycles. The molecule has 0 atom stereocenters. The highest BCUT2D eigenvalue weighted by molar-refractivity contribution is 7.18. The minimum atomic E-state index is 1.01. The highest BCUT2D eigenvalue weighted by atomic mass is 32.1. The first-order chi connectivity index (χ1) is 6.25. The van der Waals surface area contributed by atoms with Crippen LogP contribution in [0.3, 0.4) is 0 Å². The van der Waals surface area contributed by atoms with Gasteiger partial charge in [-0.3, -0.25) is 0 Å². The summed E-state index contributed by atoms with van der Waals surface area (Å²) in [6.45, 7) is 4.29. The van der Waals surface area contributed by atoms with E-state index in [-0.39, 0.29) is 0 Å². The van der Waals surface area contributed by atoms with Crippen LogP contribution >= 0.6 is 11.3 Å². The summed E-state index contributed by atoms with van der Waals surface area (Å²) in [5.41, 5.74) is 1.13. The van der Waals surface area contributed by atoms with E-state index >= 15 is 0 Å². The largest absolute Gasteiger partial charge is 0.241 e. The van der Waals surface area contributed by atoms with Gasteiger partial charge in [0, 0.05) is 6.42 Å². The minimum absolute atomic E-state index is 1.01. The summed E-state index contributed by atoms with van der Waals surface area (Å²) in [4.78, 5) is 4.55. The molecule has 1 aromatic heterocycles. The van der Waals surface area contributed by atoms with Crippen LogP contribution in [-0.2, 0) is 6.42 Å². The molecule has 0 saturated heterocycles. The SMILES string of the molecule is C[C](C)Cc1nc2ccccc2s1. The van der Waals surface area contributed by atoms with Gasteiger partial charge in [0.1, 0.15) is 0 Å². The van der Waals surface area contributed by atoms with Crippen molar-refractivity contribution in [3.8, 4) is 0 Å². The Morgan fingerprint density at radius 1 is 1.31 bits per heavy atom. The smallest absolute Gasteiger partial charge is 0.0944 e. The molecular formula is C11H12NS. The van der Waals surface area contributed by atoms with Gasteiger partial charge in [-0.1, -0.05) is 26.0 Å². The summed E-state index contributed by atoms with van der Waals surface area (Å²) < 4.78 is 1.29. The first-order valence-corrected chi connectivity index (χ1v) is 5.21. The molecule has 0 bridgehead atoms. The fraction of sp³-hybridized carbons (Fsp3) is 0.273. The third kappa shape index (κ3) is 1.89. The van der Waals surface area contributed by atoms with Crippen LogP contribution in [0.4, 0.5) is 0 Å². The molecular weight excluding hydrogens is 178 g/mol. The maximum absolute atomic E-state index is 4.55. The van der Waals surface area contributed by atoms with E-state index in [0.717, 1.165) is 11.9 Å². The molecule has 0 aliphatic rings. The first kappa shape index (κ1) is 8.70. The quantitative estimate of drug-likeness (QED) is 0.706. The molecule has 1 heterocycles. The third-order valence-corrected chi connectivity index (χ3v) is 2.88. The van der Waals surface area contributed by atoms with Crippen molar-refractivity contribution in [2.75, 3.05) is 0 Å². The number of benzene rings is 1. The Balaban J connectivity index is 2.38. The number of fused-ring (bicyclic) bond motifs is 1. The molecule has 0 N–H and O–H groups in total. The molecule has 0 aliphatic carbocycles. The summed E-state index contributed by atoms with van der Waals surface area (Å²) in [7, 11) is 0. The van der Waals surface area contributed by atoms with Crippen molar-refractivity contribution in [3.05, 3.63) is 35.2 Å². The van der Waals surface area contributed by atoms with Crippen molar-refractivity contribution < 1.29 is 0 Å². The molecule has 1 nitrogen and oxygen atoms in total. The highest BCUT2D eigenvalue weighted by Gasteiger charge is 2.04. The van der Waals surface area contributed by atoms with E-state index in [1.807, 2.05) is 6.07 Å². The van der Waals surface area contributed by atoms with Gasteiger partial charge in [-0.2, -0.15) is 0 Å². The Morgan fingerprint density at radius 3 is 2.77 bits per heavy atom. The summed E-state index contributed by atoms with van der Waals surface area (Å²) in [6.07, 6.45) is 1.01. The predicted octanol–water partition coefficient (Wildman–Crippen LogP) is 3.45. The minimum Gasteiger partial charge on any atom is -0.241 e. The number of rotatable bonds is 2. The van der Waals surface area contributed by atoms with Crippen molar-refractivity contribution in [1.29, 1.82) is 0 Å². The summed E-state index contributed by atoms with van der Waals surface area (Å²) in [5.74, 6) is 1.42. The summed E-state index contributed by atoms with van der Waals surface area (Å²) in [5, 5.41) is 1.22. The lowest BCUT2D eigenvalue weighted by atomic mass is 10.1. The van der Waals surface area contributed by atoms with Gasteiger partial charge in [0.25, 0.3) is 0 Å². The van der Waals surface area contributed by atoms with Gasteiger partial charge in [0.2, 0.25) is 0 Å². The second-order valence-electron chi connectivity index (χ2n) is 3.46. The van der Waals surface area contributed by atoms with E-state index in [1.165, 1.54) is 15.6 Å². The average molecular weight is 190 g/mol. The zero-order valence-corrected chi connectivity index (χ0v) is 8.69. The standard InChI is InChI=1S/C11H12NS/c1-8(2)7-11-12-9-5-3-4-6-10(9)13-11/h3-6H,7H2,1-2H3. The number of hydrogen-bond donors (Lipinski definition) is 0. The summed E-state index contributed by atoms with van der Waals surface area (Å²) in [6, 6.07) is 8.29. The Bertz CT molecular complexity index is 370. The average Bonchev–Trinajstić information content (AvgIpc) is 2.44. The molecule has 0 spiro atoms. The molecule has 0 unspecified atom stereocenters. The number of thiazole rings is 1. The zero-order chi connectivity index (χ0) is 9.26.